The molecule has 1 saturated heterocycles. The third-order valence-corrected chi connectivity index (χ3v) is 3.09. The number of pyridine rings is 1. The Morgan fingerprint density at radius 3 is 3.00 bits per heavy atom. The average molecular weight is 221 g/mol. The van der Waals surface area contributed by atoms with E-state index in [9.17, 15) is 0 Å². The van der Waals surface area contributed by atoms with Gasteiger partial charge in [0, 0.05) is 26.4 Å². The third-order valence-electron chi connectivity index (χ3n) is 3.09. The van der Waals surface area contributed by atoms with Gasteiger partial charge in [-0.3, -0.25) is 9.88 Å². The maximum atomic E-state index is 5.48. The Kier molecular flexibility index (Phi) is 3.88. The van der Waals surface area contributed by atoms with E-state index in [1.807, 2.05) is 18.3 Å². The van der Waals surface area contributed by atoms with Crippen molar-refractivity contribution in [1.29, 1.82) is 0 Å². The molecule has 1 aromatic rings. The van der Waals surface area contributed by atoms with Gasteiger partial charge in [-0.2, -0.15) is 0 Å². The second kappa shape index (κ2) is 5.39. The van der Waals surface area contributed by atoms with Gasteiger partial charge in [-0.05, 0) is 18.7 Å². The molecule has 0 saturated carbocycles. The Morgan fingerprint density at radius 1 is 1.50 bits per heavy atom. The minimum Gasteiger partial charge on any atom is -0.365 e. The molecule has 2 unspecified atom stereocenters. The number of hydrogen-bond acceptors (Lipinski definition) is 4. The van der Waals surface area contributed by atoms with Gasteiger partial charge < -0.3 is 10.1 Å². The molecule has 0 aromatic carbocycles. The molecule has 0 aliphatic carbocycles. The number of ether oxygens (including phenoxy) is 1. The van der Waals surface area contributed by atoms with Crippen molar-refractivity contribution in [2.24, 2.45) is 0 Å². The lowest BCUT2D eigenvalue weighted by Crippen LogP contribution is -2.53. The van der Waals surface area contributed by atoms with Crippen LogP contribution in [0, 0.1) is 0 Å². The number of nitrogens with zero attached hydrogens (tertiary/aromatic N) is 2. The van der Waals surface area contributed by atoms with Gasteiger partial charge in [0.25, 0.3) is 0 Å². The zero-order chi connectivity index (χ0) is 11.4. The van der Waals surface area contributed by atoms with Crippen molar-refractivity contribution in [3.05, 3.63) is 30.1 Å². The monoisotopic (exact) mass is 221 g/mol. The molecule has 0 spiro atoms. The topological polar surface area (TPSA) is 37.4 Å². The summed E-state index contributed by atoms with van der Waals surface area (Å²) < 4.78 is 5.48. The largest absolute Gasteiger partial charge is 0.365 e. The molecular formula is C12H19N3O. The highest BCUT2D eigenvalue weighted by atomic mass is 16.5. The number of methoxy groups -OCH3 is 1. The second-order valence-electron chi connectivity index (χ2n) is 3.95. The first-order chi connectivity index (χ1) is 7.86. The van der Waals surface area contributed by atoms with Crippen LogP contribution in [0.3, 0.4) is 0 Å². The summed E-state index contributed by atoms with van der Waals surface area (Å²) in [6.45, 7) is 4.95. The van der Waals surface area contributed by atoms with Crippen LogP contribution in [0.5, 0.6) is 0 Å². The zero-order valence-electron chi connectivity index (χ0n) is 9.89. The highest BCUT2D eigenvalue weighted by Crippen LogP contribution is 2.23. The van der Waals surface area contributed by atoms with Gasteiger partial charge in [0.15, 0.2) is 0 Å². The van der Waals surface area contributed by atoms with E-state index in [2.05, 4.69) is 28.2 Å². The second-order valence-corrected chi connectivity index (χ2v) is 3.95. The normalized spacial score (nSPS) is 26.9. The van der Waals surface area contributed by atoms with Gasteiger partial charge in [-0.25, -0.2) is 0 Å². The molecule has 2 atom stereocenters. The molecular weight excluding hydrogens is 202 g/mol. The summed E-state index contributed by atoms with van der Waals surface area (Å²) in [5.41, 5.74) is 1.11. The lowest BCUT2D eigenvalue weighted by atomic mass is 10.1. The van der Waals surface area contributed by atoms with E-state index < -0.39 is 0 Å². The van der Waals surface area contributed by atoms with Gasteiger partial charge in [-0.1, -0.05) is 13.0 Å². The van der Waals surface area contributed by atoms with Gasteiger partial charge >= 0.3 is 0 Å². The molecule has 1 aliphatic rings. The molecule has 4 heteroatoms. The van der Waals surface area contributed by atoms with E-state index in [4.69, 9.17) is 4.74 Å². The van der Waals surface area contributed by atoms with Crippen molar-refractivity contribution >= 4 is 0 Å². The maximum Gasteiger partial charge on any atom is 0.123 e. The molecule has 1 fully saturated rings. The van der Waals surface area contributed by atoms with E-state index in [1.54, 1.807) is 7.11 Å². The van der Waals surface area contributed by atoms with Crippen molar-refractivity contribution in [1.82, 2.24) is 15.2 Å². The van der Waals surface area contributed by atoms with E-state index in [0.29, 0.717) is 6.04 Å². The quantitative estimate of drug-likeness (QED) is 0.827. The number of rotatable bonds is 3. The Bertz CT molecular complexity index is 317. The van der Waals surface area contributed by atoms with Crippen LogP contribution in [0.1, 0.15) is 18.7 Å². The Morgan fingerprint density at radius 2 is 2.38 bits per heavy atom. The standard InChI is InChI=1S/C12H19N3O/c1-3-15-11(8-13-9-12(15)16-2)10-6-4-5-7-14-10/h4-7,11-13H,3,8-9H2,1-2H3. The first kappa shape index (κ1) is 11.5. The smallest absolute Gasteiger partial charge is 0.123 e. The Hall–Kier alpha value is -0.970. The number of likely N-dealkylation sites (N-methyl/N-ethyl adjacent to an activating group) is 1. The fraction of sp³-hybridized carbons (Fsp3) is 0.583. The molecule has 1 N–H and O–H groups in total. The summed E-state index contributed by atoms with van der Waals surface area (Å²) in [4.78, 5) is 6.78. The van der Waals surface area contributed by atoms with Gasteiger partial charge in [0.05, 0.1) is 11.7 Å². The summed E-state index contributed by atoms with van der Waals surface area (Å²) in [6.07, 6.45) is 1.99. The lowest BCUT2D eigenvalue weighted by Gasteiger charge is -2.40. The average Bonchev–Trinajstić information content (AvgIpc) is 2.38. The Balaban J connectivity index is 2.19. The van der Waals surface area contributed by atoms with Crippen LogP contribution < -0.4 is 5.32 Å². The van der Waals surface area contributed by atoms with Crippen LogP contribution in [0.25, 0.3) is 0 Å². The van der Waals surface area contributed by atoms with Crippen molar-refractivity contribution in [3.8, 4) is 0 Å². The van der Waals surface area contributed by atoms with Gasteiger partial charge in [-0.15, -0.1) is 0 Å². The molecule has 0 amide bonds. The highest BCUT2D eigenvalue weighted by Gasteiger charge is 2.30. The summed E-state index contributed by atoms with van der Waals surface area (Å²) in [5, 5.41) is 3.39. The van der Waals surface area contributed by atoms with Crippen LogP contribution in [0.2, 0.25) is 0 Å². The SMILES string of the molecule is CCN1C(OC)CNCC1c1ccccn1. The van der Waals surface area contributed by atoms with E-state index >= 15 is 0 Å². The number of piperazine rings is 1. The summed E-state index contributed by atoms with van der Waals surface area (Å²) in [5.74, 6) is 0. The minimum absolute atomic E-state index is 0.144. The van der Waals surface area contributed by atoms with E-state index in [0.717, 1.165) is 25.3 Å². The van der Waals surface area contributed by atoms with E-state index in [1.165, 1.54) is 0 Å². The molecule has 0 radical (unpaired) electrons. The predicted molar refractivity (Wildman–Crippen MR) is 63.0 cm³/mol. The molecule has 1 aliphatic heterocycles. The zero-order valence-corrected chi connectivity index (χ0v) is 9.89. The summed E-state index contributed by atoms with van der Waals surface area (Å²) >= 11 is 0. The van der Waals surface area contributed by atoms with Crippen molar-refractivity contribution in [2.75, 3.05) is 26.7 Å². The molecule has 2 rings (SSSR count). The number of hydrogen-bond donors (Lipinski definition) is 1. The minimum atomic E-state index is 0.144. The summed E-state index contributed by atoms with van der Waals surface area (Å²) in [6, 6.07) is 6.37. The van der Waals surface area contributed by atoms with Crippen LogP contribution in [0.15, 0.2) is 24.4 Å². The Labute approximate surface area is 96.6 Å². The van der Waals surface area contributed by atoms with Crippen molar-refractivity contribution < 1.29 is 4.74 Å². The fourth-order valence-electron chi connectivity index (χ4n) is 2.27. The molecule has 0 bridgehead atoms. The lowest BCUT2D eigenvalue weighted by molar-refractivity contribution is -0.0711. The van der Waals surface area contributed by atoms with Crippen molar-refractivity contribution in [3.63, 3.8) is 0 Å². The fourth-order valence-corrected chi connectivity index (χ4v) is 2.27. The van der Waals surface area contributed by atoms with Crippen LogP contribution in [-0.4, -0.2) is 42.9 Å². The van der Waals surface area contributed by atoms with Gasteiger partial charge in [0.2, 0.25) is 0 Å². The predicted octanol–water partition coefficient (Wildman–Crippen LogP) is 1.02. The highest BCUT2D eigenvalue weighted by molar-refractivity contribution is 5.10. The molecule has 88 valence electrons. The van der Waals surface area contributed by atoms with Crippen LogP contribution in [-0.2, 0) is 4.74 Å². The number of aromatic nitrogens is 1. The third kappa shape index (κ3) is 2.24. The number of nitrogens with one attached hydrogen (secondary N) is 1. The molecule has 2 heterocycles. The van der Waals surface area contributed by atoms with E-state index in [-0.39, 0.29) is 6.23 Å². The van der Waals surface area contributed by atoms with Crippen molar-refractivity contribution in [2.45, 2.75) is 19.2 Å². The van der Waals surface area contributed by atoms with Crippen LogP contribution >= 0.6 is 0 Å². The first-order valence-electron chi connectivity index (χ1n) is 5.77. The first-order valence-corrected chi connectivity index (χ1v) is 5.77. The molecule has 16 heavy (non-hydrogen) atoms. The van der Waals surface area contributed by atoms with Gasteiger partial charge in [0.1, 0.15) is 6.23 Å². The maximum absolute atomic E-state index is 5.48. The molecule has 4 nitrogen and oxygen atoms in total. The molecule has 1 aromatic heterocycles. The summed E-state index contributed by atoms with van der Waals surface area (Å²) in [7, 11) is 1.76. The van der Waals surface area contributed by atoms with Crippen LogP contribution in [0.4, 0.5) is 0 Å².